The number of carbonyl (C=O) groups excluding carboxylic acids is 2. The highest BCUT2D eigenvalue weighted by molar-refractivity contribution is 5.96. The predicted molar refractivity (Wildman–Crippen MR) is 74.9 cm³/mol. The van der Waals surface area contributed by atoms with Crippen LogP contribution in [0.15, 0.2) is 0 Å². The Balaban J connectivity index is 1.66. The van der Waals surface area contributed by atoms with Gasteiger partial charge < -0.3 is 14.8 Å². The van der Waals surface area contributed by atoms with Crippen LogP contribution in [0.2, 0.25) is 0 Å². The Hall–Kier alpha value is -1.18. The molecule has 1 N–H and O–H groups in total. The third-order valence-corrected chi connectivity index (χ3v) is 4.19. The van der Waals surface area contributed by atoms with E-state index in [-0.39, 0.29) is 29.7 Å². The molecule has 3 heterocycles. The fourth-order valence-electron chi connectivity index (χ4n) is 3.54. The van der Waals surface area contributed by atoms with Crippen LogP contribution in [0.3, 0.4) is 0 Å². The molecule has 21 heavy (non-hydrogen) atoms. The van der Waals surface area contributed by atoms with Gasteiger partial charge in [-0.25, -0.2) is 4.79 Å². The Bertz CT molecular complexity index is 446. The third-order valence-electron chi connectivity index (χ3n) is 4.19. The molecule has 1 unspecified atom stereocenters. The van der Waals surface area contributed by atoms with Crippen molar-refractivity contribution in [2.45, 2.75) is 31.5 Å². The van der Waals surface area contributed by atoms with Crippen LogP contribution in [0.5, 0.6) is 0 Å². The molecule has 3 aliphatic rings. The van der Waals surface area contributed by atoms with Crippen molar-refractivity contribution in [3.8, 4) is 0 Å². The van der Waals surface area contributed by atoms with Gasteiger partial charge in [0.25, 0.3) is 0 Å². The number of urea groups is 1. The lowest BCUT2D eigenvalue weighted by Gasteiger charge is -2.47. The van der Waals surface area contributed by atoms with Gasteiger partial charge in [0.15, 0.2) is 0 Å². The molecule has 118 valence electrons. The first kappa shape index (κ1) is 14.7. The second-order valence-electron chi connectivity index (χ2n) is 6.77. The summed E-state index contributed by atoms with van der Waals surface area (Å²) in [6.07, 6.45) is 0.853. The first-order valence-corrected chi connectivity index (χ1v) is 7.48. The molecule has 0 saturated carbocycles. The number of imide groups is 1. The number of ether oxygens (including phenoxy) is 2. The molecule has 1 spiro atoms. The van der Waals surface area contributed by atoms with Crippen molar-refractivity contribution < 1.29 is 19.1 Å². The summed E-state index contributed by atoms with van der Waals surface area (Å²) in [5.74, 6) is -0.142. The van der Waals surface area contributed by atoms with Crippen LogP contribution in [-0.2, 0) is 14.3 Å². The van der Waals surface area contributed by atoms with E-state index < -0.39 is 0 Å². The van der Waals surface area contributed by atoms with E-state index in [1.165, 1.54) is 4.90 Å². The summed E-state index contributed by atoms with van der Waals surface area (Å²) in [6.45, 7) is 7.95. The van der Waals surface area contributed by atoms with Gasteiger partial charge in [0.1, 0.15) is 5.60 Å². The van der Waals surface area contributed by atoms with Crippen LogP contribution in [0.4, 0.5) is 4.79 Å². The van der Waals surface area contributed by atoms with Crippen LogP contribution < -0.4 is 5.32 Å². The van der Waals surface area contributed by atoms with E-state index >= 15 is 0 Å². The molecule has 0 aliphatic carbocycles. The average Bonchev–Trinajstić information content (AvgIpc) is 2.96. The maximum Gasteiger partial charge on any atom is 0.324 e. The minimum Gasteiger partial charge on any atom is -0.378 e. The number of hydrogen-bond acceptors (Lipinski definition) is 5. The molecule has 0 radical (unpaired) electrons. The Morgan fingerprint density at radius 2 is 2.19 bits per heavy atom. The lowest BCUT2D eigenvalue weighted by molar-refractivity contribution is -0.195. The fourth-order valence-corrected chi connectivity index (χ4v) is 3.54. The van der Waals surface area contributed by atoms with Crippen LogP contribution in [-0.4, -0.2) is 78.9 Å². The molecule has 1 atom stereocenters. The third kappa shape index (κ3) is 3.04. The topological polar surface area (TPSA) is 71.1 Å². The number of rotatable bonds is 2. The molecular weight excluding hydrogens is 274 g/mol. The van der Waals surface area contributed by atoms with Gasteiger partial charge in [-0.15, -0.1) is 0 Å². The second-order valence-corrected chi connectivity index (χ2v) is 6.77. The molecule has 3 aliphatic heterocycles. The molecule has 0 bridgehead atoms. The molecule has 0 aromatic carbocycles. The summed E-state index contributed by atoms with van der Waals surface area (Å²) in [5.41, 5.74) is -0.630. The lowest BCUT2D eigenvalue weighted by Crippen LogP contribution is -2.61. The van der Waals surface area contributed by atoms with Gasteiger partial charge in [0.2, 0.25) is 5.91 Å². The minimum absolute atomic E-state index is 0.142. The molecule has 7 nitrogen and oxygen atoms in total. The number of amides is 3. The Kier molecular flexibility index (Phi) is 3.67. The molecule has 7 heteroatoms. The summed E-state index contributed by atoms with van der Waals surface area (Å²) in [7, 11) is 0. The summed E-state index contributed by atoms with van der Waals surface area (Å²) >= 11 is 0. The van der Waals surface area contributed by atoms with Gasteiger partial charge in [-0.3, -0.25) is 14.6 Å². The molecule has 3 saturated heterocycles. The second kappa shape index (κ2) is 5.23. The number of carbonyl (C=O) groups is 2. The van der Waals surface area contributed by atoms with Gasteiger partial charge in [0.05, 0.1) is 18.8 Å². The van der Waals surface area contributed by atoms with Crippen molar-refractivity contribution in [2.24, 2.45) is 0 Å². The van der Waals surface area contributed by atoms with Gasteiger partial charge in [-0.1, -0.05) is 0 Å². The SMILES string of the molecule is CC1(C)CN(CC(=O)N2CCNC2=O)CC2(CCOC2)O1. The fraction of sp³-hybridized carbons (Fsp3) is 0.857. The predicted octanol–water partition coefficient (Wildman–Crippen LogP) is -0.192. The standard InChI is InChI=1S/C14H23N3O4/c1-13(2)8-16(9-14(21-13)3-6-20-10-14)7-11(18)17-5-4-15-12(17)19/h3-10H2,1-2H3,(H,15,19). The van der Waals surface area contributed by atoms with Crippen molar-refractivity contribution in [1.82, 2.24) is 15.1 Å². The zero-order valence-electron chi connectivity index (χ0n) is 12.7. The molecule has 3 fully saturated rings. The van der Waals surface area contributed by atoms with Crippen molar-refractivity contribution in [3.63, 3.8) is 0 Å². The lowest BCUT2D eigenvalue weighted by atomic mass is 9.95. The number of hydrogen-bond donors (Lipinski definition) is 1. The zero-order valence-corrected chi connectivity index (χ0v) is 12.7. The highest BCUT2D eigenvalue weighted by atomic mass is 16.6. The molecule has 3 amide bonds. The maximum atomic E-state index is 12.3. The van der Waals surface area contributed by atoms with Crippen molar-refractivity contribution in [1.29, 1.82) is 0 Å². The van der Waals surface area contributed by atoms with Crippen LogP contribution >= 0.6 is 0 Å². The van der Waals surface area contributed by atoms with Crippen LogP contribution in [0.1, 0.15) is 20.3 Å². The highest BCUT2D eigenvalue weighted by Gasteiger charge is 2.47. The largest absolute Gasteiger partial charge is 0.378 e. The summed E-state index contributed by atoms with van der Waals surface area (Å²) < 4.78 is 11.7. The summed E-state index contributed by atoms with van der Waals surface area (Å²) in [4.78, 5) is 27.2. The molecule has 0 aromatic heterocycles. The Morgan fingerprint density at radius 1 is 1.38 bits per heavy atom. The zero-order chi connectivity index (χ0) is 15.1. The Morgan fingerprint density at radius 3 is 2.81 bits per heavy atom. The average molecular weight is 297 g/mol. The quantitative estimate of drug-likeness (QED) is 0.765. The number of nitrogens with one attached hydrogen (secondary N) is 1. The van der Waals surface area contributed by atoms with E-state index in [1.54, 1.807) is 0 Å². The minimum atomic E-state index is -0.320. The highest BCUT2D eigenvalue weighted by Crippen LogP contribution is 2.34. The first-order chi connectivity index (χ1) is 9.89. The first-order valence-electron chi connectivity index (χ1n) is 7.48. The van der Waals surface area contributed by atoms with Crippen molar-refractivity contribution >= 4 is 11.9 Å². The maximum absolute atomic E-state index is 12.3. The smallest absolute Gasteiger partial charge is 0.324 e. The van der Waals surface area contributed by atoms with Crippen LogP contribution in [0.25, 0.3) is 0 Å². The van der Waals surface area contributed by atoms with E-state index in [2.05, 4.69) is 10.2 Å². The van der Waals surface area contributed by atoms with Crippen LogP contribution in [0, 0.1) is 0 Å². The Labute approximate surface area is 124 Å². The molecule has 3 rings (SSSR count). The van der Waals surface area contributed by atoms with Crippen molar-refractivity contribution in [2.75, 3.05) is 45.9 Å². The van der Waals surface area contributed by atoms with E-state index in [0.717, 1.165) is 6.42 Å². The summed E-state index contributed by atoms with van der Waals surface area (Å²) in [6, 6.07) is -0.286. The van der Waals surface area contributed by atoms with Gasteiger partial charge in [-0.05, 0) is 13.8 Å². The monoisotopic (exact) mass is 297 g/mol. The van der Waals surface area contributed by atoms with Crippen molar-refractivity contribution in [3.05, 3.63) is 0 Å². The molecule has 0 aromatic rings. The molecular formula is C14H23N3O4. The van der Waals surface area contributed by atoms with Gasteiger partial charge >= 0.3 is 6.03 Å². The van der Waals surface area contributed by atoms with E-state index in [0.29, 0.717) is 39.4 Å². The summed E-state index contributed by atoms with van der Waals surface area (Å²) in [5, 5.41) is 2.66. The van der Waals surface area contributed by atoms with E-state index in [1.807, 2.05) is 13.8 Å². The normalized spacial score (nSPS) is 32.7. The van der Waals surface area contributed by atoms with Gasteiger partial charge in [0, 0.05) is 39.2 Å². The van der Waals surface area contributed by atoms with E-state index in [4.69, 9.17) is 9.47 Å². The number of morpholine rings is 1. The van der Waals surface area contributed by atoms with E-state index in [9.17, 15) is 9.59 Å². The van der Waals surface area contributed by atoms with Gasteiger partial charge in [-0.2, -0.15) is 0 Å². The number of nitrogens with zero attached hydrogens (tertiary/aromatic N) is 2.